The summed E-state index contributed by atoms with van der Waals surface area (Å²) in [6.07, 6.45) is 0. The van der Waals surface area contributed by atoms with Gasteiger partial charge in [-0.2, -0.15) is 0 Å². The Balaban J connectivity index is 3.09. The molecule has 0 radical (unpaired) electrons. The Hall–Kier alpha value is -0.810. The van der Waals surface area contributed by atoms with Gasteiger partial charge in [0.2, 0.25) is 0 Å². The molecule has 0 unspecified atom stereocenters. The lowest BCUT2D eigenvalue weighted by molar-refractivity contribution is 0.0992. The SMILES string of the molecule is CNCC(=O)c1cc(F)c(F)cc1Br. The molecule has 0 aromatic heterocycles. The van der Waals surface area contributed by atoms with Crippen molar-refractivity contribution in [1.29, 1.82) is 0 Å². The third-order valence-electron chi connectivity index (χ3n) is 1.65. The highest BCUT2D eigenvalue weighted by Gasteiger charge is 2.13. The molecule has 14 heavy (non-hydrogen) atoms. The molecule has 0 aliphatic heterocycles. The maximum Gasteiger partial charge on any atom is 0.177 e. The van der Waals surface area contributed by atoms with E-state index < -0.39 is 11.6 Å². The number of rotatable bonds is 3. The molecule has 2 nitrogen and oxygen atoms in total. The van der Waals surface area contributed by atoms with Crippen LogP contribution in [0.2, 0.25) is 0 Å². The molecule has 0 bridgehead atoms. The van der Waals surface area contributed by atoms with Crippen molar-refractivity contribution in [1.82, 2.24) is 5.32 Å². The van der Waals surface area contributed by atoms with Crippen molar-refractivity contribution >= 4 is 21.7 Å². The van der Waals surface area contributed by atoms with E-state index in [1.165, 1.54) is 0 Å². The normalized spacial score (nSPS) is 10.3. The molecule has 0 aliphatic carbocycles. The van der Waals surface area contributed by atoms with Crippen LogP contribution in [0.5, 0.6) is 0 Å². The predicted molar refractivity (Wildman–Crippen MR) is 52.3 cm³/mol. The lowest BCUT2D eigenvalue weighted by Crippen LogP contribution is -2.19. The summed E-state index contributed by atoms with van der Waals surface area (Å²) in [5.41, 5.74) is 0.137. The van der Waals surface area contributed by atoms with Crippen LogP contribution in [0, 0.1) is 11.6 Å². The van der Waals surface area contributed by atoms with E-state index in [1.54, 1.807) is 7.05 Å². The number of halogens is 3. The lowest BCUT2D eigenvalue weighted by Gasteiger charge is -2.03. The fourth-order valence-electron chi connectivity index (χ4n) is 0.992. The van der Waals surface area contributed by atoms with Gasteiger partial charge in [-0.3, -0.25) is 4.79 Å². The van der Waals surface area contributed by atoms with Crippen LogP contribution in [0.4, 0.5) is 8.78 Å². The molecule has 0 saturated carbocycles. The van der Waals surface area contributed by atoms with E-state index in [2.05, 4.69) is 21.2 Å². The van der Waals surface area contributed by atoms with Crippen LogP contribution in [0.3, 0.4) is 0 Å². The van der Waals surface area contributed by atoms with Gasteiger partial charge in [-0.25, -0.2) is 8.78 Å². The summed E-state index contributed by atoms with van der Waals surface area (Å²) in [4.78, 5) is 11.3. The van der Waals surface area contributed by atoms with Crippen molar-refractivity contribution in [2.75, 3.05) is 13.6 Å². The maximum atomic E-state index is 12.8. The quantitative estimate of drug-likeness (QED) is 0.669. The first-order chi connectivity index (χ1) is 6.56. The van der Waals surface area contributed by atoms with E-state index in [9.17, 15) is 13.6 Å². The van der Waals surface area contributed by atoms with Gasteiger partial charge in [0.05, 0.1) is 6.54 Å². The fraction of sp³-hybridized carbons (Fsp3) is 0.222. The Morgan fingerprint density at radius 1 is 1.43 bits per heavy atom. The van der Waals surface area contributed by atoms with Crippen LogP contribution >= 0.6 is 15.9 Å². The minimum Gasteiger partial charge on any atom is -0.313 e. The molecule has 1 aromatic carbocycles. The van der Waals surface area contributed by atoms with Gasteiger partial charge in [0, 0.05) is 10.0 Å². The second-order valence-corrected chi connectivity index (χ2v) is 3.55. The van der Waals surface area contributed by atoms with Crippen LogP contribution in [0.15, 0.2) is 16.6 Å². The molecule has 0 saturated heterocycles. The van der Waals surface area contributed by atoms with Gasteiger partial charge >= 0.3 is 0 Å². The van der Waals surface area contributed by atoms with Gasteiger partial charge in [0.15, 0.2) is 17.4 Å². The summed E-state index contributed by atoms with van der Waals surface area (Å²) in [7, 11) is 1.60. The lowest BCUT2D eigenvalue weighted by atomic mass is 10.1. The van der Waals surface area contributed by atoms with Crippen LogP contribution < -0.4 is 5.32 Å². The van der Waals surface area contributed by atoms with E-state index in [0.717, 1.165) is 12.1 Å². The van der Waals surface area contributed by atoms with Crippen molar-refractivity contribution < 1.29 is 13.6 Å². The predicted octanol–water partition coefficient (Wildman–Crippen LogP) is 2.13. The summed E-state index contributed by atoms with van der Waals surface area (Å²) >= 11 is 3.00. The number of Topliss-reactive ketones (excluding diaryl/α,β-unsaturated/α-hetero) is 1. The highest BCUT2D eigenvalue weighted by molar-refractivity contribution is 9.10. The zero-order valence-electron chi connectivity index (χ0n) is 7.40. The highest BCUT2D eigenvalue weighted by Crippen LogP contribution is 2.20. The first kappa shape index (κ1) is 11.3. The molecule has 0 atom stereocenters. The van der Waals surface area contributed by atoms with E-state index in [1.807, 2.05) is 0 Å². The molecule has 0 fully saturated rings. The number of nitrogens with one attached hydrogen (secondary N) is 1. The van der Waals surface area contributed by atoms with Gasteiger partial charge < -0.3 is 5.32 Å². The van der Waals surface area contributed by atoms with Crippen molar-refractivity contribution in [2.45, 2.75) is 0 Å². The molecule has 1 rings (SSSR count). The van der Waals surface area contributed by atoms with Gasteiger partial charge in [0.1, 0.15) is 0 Å². The largest absolute Gasteiger partial charge is 0.313 e. The van der Waals surface area contributed by atoms with Gasteiger partial charge in [-0.1, -0.05) is 0 Å². The summed E-state index contributed by atoms with van der Waals surface area (Å²) in [5.74, 6) is -2.29. The number of hydrogen-bond acceptors (Lipinski definition) is 2. The first-order valence-corrected chi connectivity index (χ1v) is 4.68. The fourth-order valence-corrected chi connectivity index (χ4v) is 1.53. The second-order valence-electron chi connectivity index (χ2n) is 2.70. The number of carbonyl (C=O) groups excluding carboxylic acids is 1. The minimum atomic E-state index is -1.02. The molecule has 76 valence electrons. The standard InChI is InChI=1S/C9H8BrF2NO/c1-13-4-9(14)5-2-7(11)8(12)3-6(5)10/h2-3,13H,4H2,1H3. The van der Waals surface area contributed by atoms with E-state index in [0.29, 0.717) is 0 Å². The highest BCUT2D eigenvalue weighted by atomic mass is 79.9. The Labute approximate surface area is 88.4 Å². The number of likely N-dealkylation sites (N-methyl/N-ethyl adjacent to an activating group) is 1. The van der Waals surface area contributed by atoms with Crippen LogP contribution in [-0.2, 0) is 0 Å². The average molecular weight is 264 g/mol. The van der Waals surface area contributed by atoms with Gasteiger partial charge in [-0.05, 0) is 35.1 Å². The van der Waals surface area contributed by atoms with Crippen molar-refractivity contribution in [3.8, 4) is 0 Å². The molecule has 0 heterocycles. The summed E-state index contributed by atoms with van der Waals surface area (Å²) in [5, 5.41) is 2.64. The summed E-state index contributed by atoms with van der Waals surface area (Å²) < 4.78 is 25.7. The van der Waals surface area contributed by atoms with Crippen LogP contribution in [-0.4, -0.2) is 19.4 Å². The number of carbonyl (C=O) groups is 1. The van der Waals surface area contributed by atoms with Crippen molar-refractivity contribution in [2.24, 2.45) is 0 Å². The first-order valence-electron chi connectivity index (χ1n) is 3.88. The van der Waals surface area contributed by atoms with Crippen molar-refractivity contribution in [3.63, 3.8) is 0 Å². The third kappa shape index (κ3) is 2.36. The molecule has 0 amide bonds. The summed E-state index contributed by atoms with van der Waals surface area (Å²) in [6.45, 7) is 0.0870. The number of hydrogen-bond donors (Lipinski definition) is 1. The molecular formula is C9H8BrF2NO. The third-order valence-corrected chi connectivity index (χ3v) is 2.30. The smallest absolute Gasteiger partial charge is 0.177 e. The zero-order valence-corrected chi connectivity index (χ0v) is 8.99. The molecule has 0 spiro atoms. The Morgan fingerprint density at radius 2 is 2.00 bits per heavy atom. The second kappa shape index (κ2) is 4.61. The summed E-state index contributed by atoms with van der Waals surface area (Å²) in [6, 6.07) is 1.83. The van der Waals surface area contributed by atoms with Gasteiger partial charge in [-0.15, -0.1) is 0 Å². The Morgan fingerprint density at radius 3 is 2.57 bits per heavy atom. The van der Waals surface area contributed by atoms with Crippen LogP contribution in [0.25, 0.3) is 0 Å². The van der Waals surface area contributed by atoms with E-state index >= 15 is 0 Å². The van der Waals surface area contributed by atoms with Crippen LogP contribution in [0.1, 0.15) is 10.4 Å². The van der Waals surface area contributed by atoms with Crippen molar-refractivity contribution in [3.05, 3.63) is 33.8 Å². The zero-order chi connectivity index (χ0) is 10.7. The number of benzene rings is 1. The molecule has 5 heteroatoms. The monoisotopic (exact) mass is 263 g/mol. The topological polar surface area (TPSA) is 29.1 Å². The molecule has 0 aliphatic rings. The van der Waals surface area contributed by atoms with E-state index in [4.69, 9.17) is 0 Å². The molecule has 1 aromatic rings. The Bertz CT molecular complexity index is 368. The molecule has 1 N–H and O–H groups in total. The molecular weight excluding hydrogens is 256 g/mol. The minimum absolute atomic E-state index is 0.0870. The Kier molecular flexibility index (Phi) is 3.71. The van der Waals surface area contributed by atoms with E-state index in [-0.39, 0.29) is 22.4 Å². The van der Waals surface area contributed by atoms with Gasteiger partial charge in [0.25, 0.3) is 0 Å². The maximum absolute atomic E-state index is 12.8. The number of ketones is 1. The average Bonchev–Trinajstić information content (AvgIpc) is 2.11.